The summed E-state index contributed by atoms with van der Waals surface area (Å²) >= 11 is 0. The topological polar surface area (TPSA) is 79.2 Å². The summed E-state index contributed by atoms with van der Waals surface area (Å²) in [5, 5.41) is 20.6. The van der Waals surface area contributed by atoms with Gasteiger partial charge in [-0.25, -0.2) is 4.79 Å². The van der Waals surface area contributed by atoms with Gasteiger partial charge in [-0.15, -0.1) is 0 Å². The van der Waals surface area contributed by atoms with Crippen molar-refractivity contribution in [3.63, 3.8) is 0 Å². The van der Waals surface area contributed by atoms with Crippen LogP contribution < -0.4 is 0 Å². The highest BCUT2D eigenvalue weighted by atomic mass is 16.8. The maximum atomic E-state index is 12.0. The summed E-state index contributed by atoms with van der Waals surface area (Å²) in [5.41, 5.74) is 0.874. The molecular weight excluding hydrogens is 262 g/mol. The molecule has 0 aromatic heterocycles. The summed E-state index contributed by atoms with van der Waals surface area (Å²) < 4.78 is 5.17. The number of benzene rings is 1. The molecule has 1 aromatic carbocycles. The number of hydrogen-bond donors (Lipinski definition) is 2. The smallest absolute Gasteiger partial charge is 0.434 e. The van der Waals surface area contributed by atoms with E-state index in [0.29, 0.717) is 0 Å². The first-order chi connectivity index (χ1) is 9.59. The Morgan fingerprint density at radius 1 is 1.30 bits per heavy atom. The minimum atomic E-state index is -0.993. The highest BCUT2D eigenvalue weighted by Crippen LogP contribution is 2.40. The third-order valence-electron chi connectivity index (χ3n) is 3.98. The molecule has 5 atom stereocenters. The Balaban J connectivity index is 1.62. The van der Waals surface area contributed by atoms with E-state index >= 15 is 0 Å². The van der Waals surface area contributed by atoms with Crippen LogP contribution in [-0.4, -0.2) is 45.7 Å². The van der Waals surface area contributed by atoms with Crippen LogP contribution in [0.2, 0.25) is 0 Å². The van der Waals surface area contributed by atoms with Crippen LogP contribution in [0.25, 0.3) is 0 Å². The Labute approximate surface area is 116 Å². The molecule has 1 heterocycles. The second-order valence-corrected chi connectivity index (χ2v) is 5.27. The van der Waals surface area contributed by atoms with E-state index in [0.717, 1.165) is 10.6 Å². The van der Waals surface area contributed by atoms with Crippen LogP contribution in [0.3, 0.4) is 0 Å². The zero-order valence-electron chi connectivity index (χ0n) is 11.0. The molecule has 6 heteroatoms. The van der Waals surface area contributed by atoms with Gasteiger partial charge >= 0.3 is 6.09 Å². The molecular formula is C14H17NO5. The van der Waals surface area contributed by atoms with Gasteiger partial charge in [-0.2, -0.15) is 5.06 Å². The third kappa shape index (κ3) is 2.06. The Hall–Kier alpha value is -1.63. The van der Waals surface area contributed by atoms with Crippen LogP contribution in [0.1, 0.15) is 12.5 Å². The standard InChI is InChI=1S/C14H17NO5/c1-8-10-11(16)12(17)13(8)20-15(10)14(18)19-7-9-5-3-2-4-6-9/h2-6,8,10-13,16-17H,7H2,1H3. The van der Waals surface area contributed by atoms with Crippen LogP contribution in [0, 0.1) is 5.92 Å². The minimum Gasteiger partial charge on any atom is -0.443 e. The lowest BCUT2D eigenvalue weighted by atomic mass is 10.1. The number of aliphatic hydroxyl groups is 2. The predicted molar refractivity (Wildman–Crippen MR) is 68.3 cm³/mol. The number of amides is 1. The molecule has 0 spiro atoms. The van der Waals surface area contributed by atoms with Gasteiger partial charge < -0.3 is 14.9 Å². The van der Waals surface area contributed by atoms with Gasteiger partial charge in [0.2, 0.25) is 0 Å². The number of aliphatic hydroxyl groups excluding tert-OH is 2. The molecule has 2 fully saturated rings. The molecule has 1 saturated heterocycles. The van der Waals surface area contributed by atoms with E-state index in [9.17, 15) is 15.0 Å². The van der Waals surface area contributed by atoms with Crippen molar-refractivity contribution in [1.29, 1.82) is 0 Å². The monoisotopic (exact) mass is 279 g/mol. The molecule has 5 unspecified atom stereocenters. The van der Waals surface area contributed by atoms with Crippen molar-refractivity contribution in [2.75, 3.05) is 0 Å². The molecule has 1 amide bonds. The summed E-state index contributed by atoms with van der Waals surface area (Å²) in [4.78, 5) is 17.3. The predicted octanol–water partition coefficient (Wildman–Crippen LogP) is 0.679. The number of carbonyl (C=O) groups is 1. The van der Waals surface area contributed by atoms with Crippen molar-refractivity contribution in [2.45, 2.75) is 37.9 Å². The highest BCUT2D eigenvalue weighted by Gasteiger charge is 2.59. The number of rotatable bonds is 2. The molecule has 20 heavy (non-hydrogen) atoms. The van der Waals surface area contributed by atoms with E-state index in [-0.39, 0.29) is 12.5 Å². The number of hydrogen-bond acceptors (Lipinski definition) is 5. The zero-order chi connectivity index (χ0) is 14.3. The SMILES string of the molecule is CC1C2ON(C(=O)OCc3ccccc3)C1C(O)C2O. The molecule has 1 aliphatic heterocycles. The maximum absolute atomic E-state index is 12.0. The largest absolute Gasteiger partial charge is 0.443 e. The number of hydroxylamine groups is 2. The Morgan fingerprint density at radius 2 is 2.00 bits per heavy atom. The zero-order valence-corrected chi connectivity index (χ0v) is 11.0. The van der Waals surface area contributed by atoms with Crippen LogP contribution in [0.4, 0.5) is 4.79 Å². The molecule has 3 rings (SSSR count). The summed E-state index contributed by atoms with van der Waals surface area (Å²) in [7, 11) is 0. The Kier molecular flexibility index (Phi) is 3.37. The quantitative estimate of drug-likeness (QED) is 0.832. The second-order valence-electron chi connectivity index (χ2n) is 5.27. The molecule has 108 valence electrons. The van der Waals surface area contributed by atoms with Gasteiger partial charge in [0.15, 0.2) is 0 Å². The number of ether oxygens (including phenoxy) is 1. The number of fused-ring (bicyclic) bond motifs is 2. The first-order valence-electron chi connectivity index (χ1n) is 6.62. The molecule has 2 N–H and O–H groups in total. The molecule has 2 bridgehead atoms. The first-order valence-corrected chi connectivity index (χ1v) is 6.62. The average molecular weight is 279 g/mol. The fourth-order valence-corrected chi connectivity index (χ4v) is 2.87. The molecule has 1 aromatic rings. The summed E-state index contributed by atoms with van der Waals surface area (Å²) in [6, 6.07) is 8.75. The van der Waals surface area contributed by atoms with Crippen molar-refractivity contribution >= 4 is 6.09 Å². The minimum absolute atomic E-state index is 0.121. The van der Waals surface area contributed by atoms with E-state index < -0.39 is 30.4 Å². The van der Waals surface area contributed by atoms with E-state index in [2.05, 4.69) is 0 Å². The van der Waals surface area contributed by atoms with Crippen LogP contribution in [0.15, 0.2) is 30.3 Å². The lowest BCUT2D eigenvalue weighted by Gasteiger charge is -2.31. The van der Waals surface area contributed by atoms with E-state index in [1.807, 2.05) is 37.3 Å². The van der Waals surface area contributed by atoms with Crippen molar-refractivity contribution in [3.05, 3.63) is 35.9 Å². The van der Waals surface area contributed by atoms with Crippen LogP contribution in [0.5, 0.6) is 0 Å². The Bertz CT molecular complexity index is 490. The average Bonchev–Trinajstić information content (AvgIpc) is 2.90. The van der Waals surface area contributed by atoms with Crippen molar-refractivity contribution in [2.24, 2.45) is 5.92 Å². The molecule has 1 saturated carbocycles. The first kappa shape index (κ1) is 13.4. The normalized spacial score (nSPS) is 35.4. The van der Waals surface area contributed by atoms with Gasteiger partial charge in [0, 0.05) is 5.92 Å². The second kappa shape index (κ2) is 5.05. The fraction of sp³-hybridized carbons (Fsp3) is 0.500. The van der Waals surface area contributed by atoms with E-state index in [4.69, 9.17) is 9.57 Å². The van der Waals surface area contributed by atoms with Gasteiger partial charge in [0.25, 0.3) is 0 Å². The Morgan fingerprint density at radius 3 is 2.60 bits per heavy atom. The van der Waals surface area contributed by atoms with Crippen LogP contribution >= 0.6 is 0 Å². The van der Waals surface area contributed by atoms with Gasteiger partial charge in [-0.05, 0) is 5.56 Å². The van der Waals surface area contributed by atoms with Crippen LogP contribution in [-0.2, 0) is 16.2 Å². The summed E-state index contributed by atoms with van der Waals surface area (Å²) in [5.74, 6) is -0.121. The fourth-order valence-electron chi connectivity index (χ4n) is 2.87. The van der Waals surface area contributed by atoms with E-state index in [1.54, 1.807) is 0 Å². The van der Waals surface area contributed by atoms with Gasteiger partial charge in [0.05, 0.1) is 6.04 Å². The summed E-state index contributed by atoms with van der Waals surface area (Å²) in [6.45, 7) is 1.98. The van der Waals surface area contributed by atoms with Gasteiger partial charge in [-0.1, -0.05) is 37.3 Å². The lowest BCUT2D eigenvalue weighted by Crippen LogP contribution is -2.51. The maximum Gasteiger partial charge on any atom is 0.434 e. The van der Waals surface area contributed by atoms with Crippen molar-refractivity contribution in [1.82, 2.24) is 5.06 Å². The molecule has 0 radical (unpaired) electrons. The number of carbonyl (C=O) groups excluding carboxylic acids is 1. The van der Waals surface area contributed by atoms with Crippen molar-refractivity contribution in [3.8, 4) is 0 Å². The lowest BCUT2D eigenvalue weighted by molar-refractivity contribution is -0.225. The number of nitrogens with zero attached hydrogens (tertiary/aromatic N) is 1. The third-order valence-corrected chi connectivity index (χ3v) is 3.98. The molecule has 2 aliphatic rings. The van der Waals surface area contributed by atoms with E-state index in [1.165, 1.54) is 0 Å². The summed E-state index contributed by atoms with van der Waals surface area (Å²) in [6.07, 6.45) is -3.14. The highest BCUT2D eigenvalue weighted by molar-refractivity contribution is 5.67. The van der Waals surface area contributed by atoms with Gasteiger partial charge in [-0.3, -0.25) is 4.84 Å². The van der Waals surface area contributed by atoms with Crippen molar-refractivity contribution < 1.29 is 24.6 Å². The van der Waals surface area contributed by atoms with Gasteiger partial charge in [0.1, 0.15) is 24.9 Å². The molecule has 6 nitrogen and oxygen atoms in total. The molecule has 1 aliphatic carbocycles.